The molecule has 0 aromatic heterocycles. The predicted molar refractivity (Wildman–Crippen MR) is 88.0 cm³/mol. The van der Waals surface area contributed by atoms with E-state index in [1.54, 1.807) is 11.8 Å². The second-order valence-electron chi connectivity index (χ2n) is 4.78. The molecule has 20 heavy (non-hydrogen) atoms. The van der Waals surface area contributed by atoms with Crippen molar-refractivity contribution in [3.8, 4) is 0 Å². The summed E-state index contributed by atoms with van der Waals surface area (Å²) < 4.78 is 1.05. The Morgan fingerprint density at radius 1 is 1.15 bits per heavy atom. The molecular formula is C16H14BrNOS. The minimum absolute atomic E-state index is 0.0424. The highest BCUT2D eigenvalue weighted by molar-refractivity contribution is 9.10. The normalized spacial score (nSPS) is 18.6. The molecule has 0 saturated carbocycles. The van der Waals surface area contributed by atoms with E-state index in [2.05, 4.69) is 28.9 Å². The van der Waals surface area contributed by atoms with Crippen LogP contribution in [0.15, 0.2) is 53.0 Å². The fraction of sp³-hybridized carbons (Fsp3) is 0.188. The Labute approximate surface area is 131 Å². The standard InChI is InChI=1S/C16H14BrNOS/c1-11-6-8-12(9-7-11)18-15(19)10-20-16(18)13-4-2-3-5-14(13)17/h2-9,16H,10H2,1H3. The number of anilines is 1. The van der Waals surface area contributed by atoms with Crippen LogP contribution in [-0.2, 0) is 4.79 Å². The third-order valence-corrected chi connectivity index (χ3v) is 5.27. The number of benzene rings is 2. The number of amides is 1. The van der Waals surface area contributed by atoms with Crippen LogP contribution in [0.2, 0.25) is 0 Å². The molecule has 1 heterocycles. The average molecular weight is 348 g/mol. The average Bonchev–Trinajstić information content (AvgIpc) is 2.82. The summed E-state index contributed by atoms with van der Waals surface area (Å²) in [7, 11) is 0. The molecule has 4 heteroatoms. The van der Waals surface area contributed by atoms with Crippen molar-refractivity contribution in [1.29, 1.82) is 0 Å². The Morgan fingerprint density at radius 3 is 2.55 bits per heavy atom. The molecule has 1 unspecified atom stereocenters. The molecule has 0 radical (unpaired) electrons. The fourth-order valence-corrected chi connectivity index (χ4v) is 4.18. The Morgan fingerprint density at radius 2 is 1.85 bits per heavy atom. The van der Waals surface area contributed by atoms with Gasteiger partial charge in [0, 0.05) is 10.2 Å². The second-order valence-corrected chi connectivity index (χ2v) is 6.71. The van der Waals surface area contributed by atoms with Gasteiger partial charge in [-0.3, -0.25) is 9.69 Å². The maximum atomic E-state index is 12.2. The molecule has 0 aliphatic carbocycles. The monoisotopic (exact) mass is 347 g/mol. The first kappa shape index (κ1) is 13.7. The number of carbonyl (C=O) groups is 1. The molecule has 0 N–H and O–H groups in total. The summed E-state index contributed by atoms with van der Waals surface area (Å²) in [6.07, 6.45) is 0. The molecule has 1 fully saturated rings. The van der Waals surface area contributed by atoms with Gasteiger partial charge in [0.1, 0.15) is 5.37 Å². The quantitative estimate of drug-likeness (QED) is 0.794. The minimum Gasteiger partial charge on any atom is -0.295 e. The molecule has 2 aromatic carbocycles. The molecule has 3 rings (SSSR count). The van der Waals surface area contributed by atoms with Crippen LogP contribution >= 0.6 is 27.7 Å². The molecular weight excluding hydrogens is 334 g/mol. The van der Waals surface area contributed by atoms with Gasteiger partial charge in [0.15, 0.2) is 0 Å². The van der Waals surface area contributed by atoms with Crippen LogP contribution in [0.1, 0.15) is 16.5 Å². The Kier molecular flexibility index (Phi) is 3.85. The van der Waals surface area contributed by atoms with Crippen LogP contribution in [0.4, 0.5) is 5.69 Å². The fourth-order valence-electron chi connectivity index (χ4n) is 2.31. The van der Waals surface area contributed by atoms with E-state index in [1.165, 1.54) is 5.56 Å². The second kappa shape index (κ2) is 5.62. The SMILES string of the molecule is Cc1ccc(N2C(=O)CSC2c2ccccc2Br)cc1. The highest BCUT2D eigenvalue weighted by Crippen LogP contribution is 2.43. The molecule has 102 valence electrons. The van der Waals surface area contributed by atoms with Crippen molar-refractivity contribution in [2.24, 2.45) is 0 Å². The van der Waals surface area contributed by atoms with Crippen molar-refractivity contribution < 1.29 is 4.79 Å². The lowest BCUT2D eigenvalue weighted by molar-refractivity contribution is -0.115. The first-order valence-electron chi connectivity index (χ1n) is 6.41. The number of hydrogen-bond acceptors (Lipinski definition) is 2. The van der Waals surface area contributed by atoms with Crippen molar-refractivity contribution in [3.05, 3.63) is 64.1 Å². The lowest BCUT2D eigenvalue weighted by atomic mass is 10.1. The van der Waals surface area contributed by atoms with Crippen LogP contribution in [0.3, 0.4) is 0 Å². The maximum Gasteiger partial charge on any atom is 0.238 e. The van der Waals surface area contributed by atoms with E-state index in [9.17, 15) is 4.79 Å². The number of nitrogens with zero attached hydrogens (tertiary/aromatic N) is 1. The van der Waals surface area contributed by atoms with Gasteiger partial charge < -0.3 is 0 Å². The number of aryl methyl sites for hydroxylation is 1. The van der Waals surface area contributed by atoms with E-state index in [0.717, 1.165) is 15.7 Å². The molecule has 1 aliphatic heterocycles. The zero-order valence-corrected chi connectivity index (χ0v) is 13.4. The molecule has 1 atom stereocenters. The molecule has 1 aliphatic rings. The molecule has 1 amide bonds. The van der Waals surface area contributed by atoms with E-state index < -0.39 is 0 Å². The van der Waals surface area contributed by atoms with Gasteiger partial charge in [-0.05, 0) is 30.7 Å². The van der Waals surface area contributed by atoms with Gasteiger partial charge in [-0.25, -0.2) is 0 Å². The van der Waals surface area contributed by atoms with Gasteiger partial charge in [0.25, 0.3) is 0 Å². The van der Waals surface area contributed by atoms with Crippen LogP contribution in [0, 0.1) is 6.92 Å². The smallest absolute Gasteiger partial charge is 0.238 e. The minimum atomic E-state index is 0.0424. The van der Waals surface area contributed by atoms with E-state index in [1.807, 2.05) is 47.4 Å². The highest BCUT2D eigenvalue weighted by Gasteiger charge is 2.34. The third kappa shape index (κ3) is 2.50. The molecule has 2 aromatic rings. The van der Waals surface area contributed by atoms with Gasteiger partial charge in [0.2, 0.25) is 5.91 Å². The molecule has 0 bridgehead atoms. The summed E-state index contributed by atoms with van der Waals surface area (Å²) >= 11 is 5.26. The molecule has 2 nitrogen and oxygen atoms in total. The van der Waals surface area contributed by atoms with Gasteiger partial charge in [-0.1, -0.05) is 51.8 Å². The molecule has 1 saturated heterocycles. The zero-order valence-electron chi connectivity index (χ0n) is 11.0. The Hall–Kier alpha value is -1.26. The lowest BCUT2D eigenvalue weighted by Crippen LogP contribution is -2.27. The number of hydrogen-bond donors (Lipinski definition) is 0. The van der Waals surface area contributed by atoms with Gasteiger partial charge in [-0.15, -0.1) is 11.8 Å². The van der Waals surface area contributed by atoms with E-state index in [0.29, 0.717) is 5.75 Å². The largest absolute Gasteiger partial charge is 0.295 e. The van der Waals surface area contributed by atoms with E-state index in [-0.39, 0.29) is 11.3 Å². The summed E-state index contributed by atoms with van der Waals surface area (Å²) in [4.78, 5) is 14.1. The van der Waals surface area contributed by atoms with Crippen molar-refractivity contribution >= 4 is 39.3 Å². The highest BCUT2D eigenvalue weighted by atomic mass is 79.9. The summed E-state index contributed by atoms with van der Waals surface area (Å²) in [5.41, 5.74) is 3.31. The van der Waals surface area contributed by atoms with Gasteiger partial charge in [-0.2, -0.15) is 0 Å². The van der Waals surface area contributed by atoms with Crippen LogP contribution in [-0.4, -0.2) is 11.7 Å². The predicted octanol–water partition coefficient (Wildman–Crippen LogP) is 4.54. The van der Waals surface area contributed by atoms with Crippen molar-refractivity contribution in [2.45, 2.75) is 12.3 Å². The number of thioether (sulfide) groups is 1. The summed E-state index contributed by atoms with van der Waals surface area (Å²) in [5, 5.41) is 0.0424. The number of rotatable bonds is 2. The van der Waals surface area contributed by atoms with Crippen molar-refractivity contribution in [3.63, 3.8) is 0 Å². The zero-order chi connectivity index (χ0) is 14.1. The summed E-state index contributed by atoms with van der Waals surface area (Å²) in [5.74, 6) is 0.694. The van der Waals surface area contributed by atoms with Crippen molar-refractivity contribution in [1.82, 2.24) is 0 Å². The van der Waals surface area contributed by atoms with Crippen molar-refractivity contribution in [2.75, 3.05) is 10.7 Å². The molecule has 0 spiro atoms. The van der Waals surface area contributed by atoms with Crippen LogP contribution < -0.4 is 4.90 Å². The Balaban J connectivity index is 2.01. The van der Waals surface area contributed by atoms with Gasteiger partial charge in [0.05, 0.1) is 5.75 Å². The Bertz CT molecular complexity index is 641. The number of carbonyl (C=O) groups excluding carboxylic acids is 1. The maximum absolute atomic E-state index is 12.2. The van der Waals surface area contributed by atoms with E-state index >= 15 is 0 Å². The summed E-state index contributed by atoms with van der Waals surface area (Å²) in [6, 6.07) is 16.2. The number of halogens is 1. The van der Waals surface area contributed by atoms with Crippen LogP contribution in [0.5, 0.6) is 0 Å². The van der Waals surface area contributed by atoms with E-state index in [4.69, 9.17) is 0 Å². The van der Waals surface area contributed by atoms with Crippen LogP contribution in [0.25, 0.3) is 0 Å². The summed E-state index contributed by atoms with van der Waals surface area (Å²) in [6.45, 7) is 2.05. The first-order chi connectivity index (χ1) is 9.66. The topological polar surface area (TPSA) is 20.3 Å². The lowest BCUT2D eigenvalue weighted by Gasteiger charge is -2.25. The third-order valence-electron chi connectivity index (χ3n) is 3.35. The first-order valence-corrected chi connectivity index (χ1v) is 8.26. The van der Waals surface area contributed by atoms with Gasteiger partial charge >= 0.3 is 0 Å².